The summed E-state index contributed by atoms with van der Waals surface area (Å²) >= 11 is 0. The van der Waals surface area contributed by atoms with Gasteiger partial charge in [-0.15, -0.1) is 10.2 Å². The summed E-state index contributed by atoms with van der Waals surface area (Å²) in [4.78, 5) is 32.4. The topological polar surface area (TPSA) is 107 Å². The molecule has 0 atom stereocenters. The van der Waals surface area contributed by atoms with Crippen LogP contribution in [0.3, 0.4) is 0 Å². The lowest BCUT2D eigenvalue weighted by Gasteiger charge is -2.17. The lowest BCUT2D eigenvalue weighted by atomic mass is 10.2. The second kappa shape index (κ2) is 13.4. The molecule has 212 valence electrons. The van der Waals surface area contributed by atoms with Gasteiger partial charge in [0, 0.05) is 25.7 Å². The summed E-state index contributed by atoms with van der Waals surface area (Å²) in [5.74, 6) is -1.15. The maximum absolute atomic E-state index is 13.7. The lowest BCUT2D eigenvalue weighted by molar-refractivity contribution is 0.291. The maximum Gasteiger partial charge on any atom is 0.332 e. The monoisotopic (exact) mass is 553 g/mol. The standard InChI is InChI=1S/C28H33F2N7O3/c1-4-36(5-2)15-14-31-13-6-16-40-21-10-8-20(9-11-21)25-32-24-26(34-33-25)37(28(39)35(3)27(24)38)18-19-7-12-22(29)23(30)17-19/h7-12,17,31H,4-6,13-16,18H2,1-3H3. The van der Waals surface area contributed by atoms with Crippen LogP contribution in [0.15, 0.2) is 52.1 Å². The molecule has 0 saturated carbocycles. The number of halogens is 2. The quantitative estimate of drug-likeness (QED) is 0.252. The van der Waals surface area contributed by atoms with E-state index < -0.39 is 22.9 Å². The predicted molar refractivity (Wildman–Crippen MR) is 148 cm³/mol. The Morgan fingerprint density at radius 1 is 0.975 bits per heavy atom. The van der Waals surface area contributed by atoms with E-state index in [9.17, 15) is 18.4 Å². The normalized spacial score (nSPS) is 11.4. The van der Waals surface area contributed by atoms with Gasteiger partial charge in [0.15, 0.2) is 28.6 Å². The van der Waals surface area contributed by atoms with Gasteiger partial charge in [-0.05, 0) is 68.0 Å². The van der Waals surface area contributed by atoms with E-state index in [2.05, 4.69) is 39.2 Å². The fourth-order valence-electron chi connectivity index (χ4n) is 4.24. The average Bonchev–Trinajstić information content (AvgIpc) is 2.97. The molecule has 0 aliphatic heterocycles. The molecule has 0 fully saturated rings. The van der Waals surface area contributed by atoms with Crippen LogP contribution in [-0.4, -0.2) is 68.5 Å². The molecule has 4 aromatic rings. The zero-order valence-electron chi connectivity index (χ0n) is 22.9. The molecular formula is C28H33F2N7O3. The van der Waals surface area contributed by atoms with Gasteiger partial charge in [-0.25, -0.2) is 18.6 Å². The third-order valence-corrected chi connectivity index (χ3v) is 6.65. The van der Waals surface area contributed by atoms with Crippen molar-refractivity contribution in [2.75, 3.05) is 39.3 Å². The molecule has 0 amide bonds. The second-order valence-corrected chi connectivity index (χ2v) is 9.29. The van der Waals surface area contributed by atoms with Crippen LogP contribution in [0.25, 0.3) is 22.6 Å². The van der Waals surface area contributed by atoms with Gasteiger partial charge in [-0.3, -0.25) is 13.9 Å². The highest BCUT2D eigenvalue weighted by Gasteiger charge is 2.17. The molecule has 0 radical (unpaired) electrons. The molecule has 0 aliphatic carbocycles. The van der Waals surface area contributed by atoms with Crippen LogP contribution in [0.4, 0.5) is 8.78 Å². The number of benzene rings is 2. The van der Waals surface area contributed by atoms with Crippen molar-refractivity contribution < 1.29 is 13.5 Å². The van der Waals surface area contributed by atoms with Crippen molar-refractivity contribution >= 4 is 11.2 Å². The second-order valence-electron chi connectivity index (χ2n) is 9.29. The van der Waals surface area contributed by atoms with Crippen LogP contribution in [0.5, 0.6) is 5.75 Å². The van der Waals surface area contributed by atoms with Crippen molar-refractivity contribution in [1.82, 2.24) is 34.5 Å². The first-order chi connectivity index (χ1) is 19.3. The van der Waals surface area contributed by atoms with E-state index >= 15 is 0 Å². The Morgan fingerprint density at radius 3 is 2.42 bits per heavy atom. The summed E-state index contributed by atoms with van der Waals surface area (Å²) in [5.41, 5.74) is -0.496. The number of fused-ring (bicyclic) bond motifs is 1. The molecule has 0 saturated heterocycles. The zero-order chi connectivity index (χ0) is 28.6. The van der Waals surface area contributed by atoms with Crippen molar-refractivity contribution in [3.8, 4) is 17.1 Å². The highest BCUT2D eigenvalue weighted by molar-refractivity contribution is 5.71. The number of nitrogens with one attached hydrogen (secondary N) is 1. The summed E-state index contributed by atoms with van der Waals surface area (Å²) in [7, 11) is 1.32. The molecule has 0 spiro atoms. The van der Waals surface area contributed by atoms with Crippen molar-refractivity contribution in [3.05, 3.63) is 80.5 Å². The molecule has 12 heteroatoms. The van der Waals surface area contributed by atoms with Gasteiger partial charge < -0.3 is 15.0 Å². The average molecular weight is 554 g/mol. The van der Waals surface area contributed by atoms with Crippen molar-refractivity contribution in [2.24, 2.45) is 7.05 Å². The number of hydrogen-bond acceptors (Lipinski definition) is 8. The SMILES string of the molecule is CCN(CC)CCNCCCOc1ccc(-c2nnc3c(n2)c(=O)n(C)c(=O)n3Cc2ccc(F)c(F)c2)cc1. The van der Waals surface area contributed by atoms with Crippen LogP contribution < -0.4 is 21.3 Å². The third kappa shape index (κ3) is 6.75. The molecule has 0 unspecified atom stereocenters. The smallest absolute Gasteiger partial charge is 0.332 e. The molecule has 2 heterocycles. The van der Waals surface area contributed by atoms with Crippen LogP contribution >= 0.6 is 0 Å². The molecule has 10 nitrogen and oxygen atoms in total. The van der Waals surface area contributed by atoms with E-state index in [1.165, 1.54) is 13.1 Å². The van der Waals surface area contributed by atoms with Crippen molar-refractivity contribution in [3.63, 3.8) is 0 Å². The van der Waals surface area contributed by atoms with E-state index in [4.69, 9.17) is 4.74 Å². The summed E-state index contributed by atoms with van der Waals surface area (Å²) in [6.07, 6.45) is 0.868. The Morgan fingerprint density at radius 2 is 1.73 bits per heavy atom. The van der Waals surface area contributed by atoms with Crippen LogP contribution in [0.2, 0.25) is 0 Å². The van der Waals surface area contributed by atoms with Gasteiger partial charge in [0.25, 0.3) is 5.56 Å². The largest absolute Gasteiger partial charge is 0.494 e. The Bertz CT molecular complexity index is 1570. The number of hydrogen-bond donors (Lipinski definition) is 1. The maximum atomic E-state index is 13.7. The fourth-order valence-corrected chi connectivity index (χ4v) is 4.24. The Labute approximate surface area is 230 Å². The van der Waals surface area contributed by atoms with E-state index in [0.29, 0.717) is 23.5 Å². The number of rotatable bonds is 13. The van der Waals surface area contributed by atoms with Gasteiger partial charge in [-0.2, -0.15) is 0 Å². The molecule has 0 aliphatic rings. The van der Waals surface area contributed by atoms with Gasteiger partial charge in [0.1, 0.15) is 5.75 Å². The third-order valence-electron chi connectivity index (χ3n) is 6.65. The molecule has 0 bridgehead atoms. The number of ether oxygens (including phenoxy) is 1. The molecule has 40 heavy (non-hydrogen) atoms. The minimum Gasteiger partial charge on any atom is -0.494 e. The Kier molecular flexibility index (Phi) is 9.67. The fraction of sp³-hybridized carbons (Fsp3) is 0.393. The van der Waals surface area contributed by atoms with Crippen molar-refractivity contribution in [1.29, 1.82) is 0 Å². The molecule has 1 N–H and O–H groups in total. The lowest BCUT2D eigenvalue weighted by Crippen LogP contribution is -2.39. The van der Waals surface area contributed by atoms with E-state index in [-0.39, 0.29) is 23.5 Å². The molecule has 4 rings (SSSR count). The predicted octanol–water partition coefficient (Wildman–Crippen LogP) is 2.58. The van der Waals surface area contributed by atoms with Gasteiger partial charge in [0.05, 0.1) is 13.2 Å². The number of aromatic nitrogens is 5. The van der Waals surface area contributed by atoms with E-state index in [0.717, 1.165) is 60.4 Å². The summed E-state index contributed by atoms with van der Waals surface area (Å²) < 4.78 is 34.9. The number of likely N-dealkylation sites (N-methyl/N-ethyl adjacent to an activating group) is 1. The van der Waals surface area contributed by atoms with E-state index in [1.807, 2.05) is 0 Å². The first-order valence-electron chi connectivity index (χ1n) is 13.3. The summed E-state index contributed by atoms with van der Waals surface area (Å²) in [6, 6.07) is 10.4. The van der Waals surface area contributed by atoms with Crippen molar-refractivity contribution in [2.45, 2.75) is 26.8 Å². The van der Waals surface area contributed by atoms with E-state index in [1.54, 1.807) is 24.3 Å². The minimum atomic E-state index is -1.04. The van der Waals surface area contributed by atoms with Gasteiger partial charge >= 0.3 is 5.69 Å². The minimum absolute atomic E-state index is 0.0488. The first kappa shape index (κ1) is 29.0. The highest BCUT2D eigenvalue weighted by Crippen LogP contribution is 2.20. The molecular weight excluding hydrogens is 520 g/mol. The molecule has 2 aromatic heterocycles. The van der Waals surface area contributed by atoms with Gasteiger partial charge in [0.2, 0.25) is 0 Å². The first-order valence-corrected chi connectivity index (χ1v) is 13.3. The van der Waals surface area contributed by atoms with Crippen LogP contribution in [0, 0.1) is 11.6 Å². The van der Waals surface area contributed by atoms with Crippen LogP contribution in [0.1, 0.15) is 25.8 Å². The summed E-state index contributed by atoms with van der Waals surface area (Å²) in [6.45, 7) is 9.68. The highest BCUT2D eigenvalue weighted by atomic mass is 19.2. The van der Waals surface area contributed by atoms with Crippen LogP contribution in [-0.2, 0) is 13.6 Å². The summed E-state index contributed by atoms with van der Waals surface area (Å²) in [5, 5.41) is 11.7. The molecule has 2 aromatic carbocycles. The zero-order valence-corrected chi connectivity index (χ0v) is 22.9. The Hall–Kier alpha value is -4.03. The van der Waals surface area contributed by atoms with Gasteiger partial charge in [-0.1, -0.05) is 19.9 Å². The number of nitrogens with zero attached hydrogens (tertiary/aromatic N) is 6. The Balaban J connectivity index is 1.44.